The van der Waals surface area contributed by atoms with E-state index < -0.39 is 18.0 Å². The van der Waals surface area contributed by atoms with Gasteiger partial charge in [0.1, 0.15) is 21.9 Å². The van der Waals surface area contributed by atoms with E-state index in [1.807, 2.05) is 26.0 Å². The van der Waals surface area contributed by atoms with Gasteiger partial charge in [-0.3, -0.25) is 4.79 Å². The molecule has 1 aromatic carbocycles. The van der Waals surface area contributed by atoms with Gasteiger partial charge in [-0.1, -0.05) is 29.1 Å². The van der Waals surface area contributed by atoms with E-state index in [2.05, 4.69) is 20.4 Å². The number of esters is 1. The Bertz CT molecular complexity index is 1310. The standard InChI is InChI=1S/C22H20N4O4S2/c1-11-9-17(26-30-11)25-19(27)13(3)29-22(28)15-7-5-6-8-16(15)32-21-18-12(2)14(4)31-20(18)23-10-24-21/h5-10,13H,1-4H3,(H,25,26,27). The summed E-state index contributed by atoms with van der Waals surface area (Å²) in [6.07, 6.45) is 0.504. The number of thiophene rings is 1. The van der Waals surface area contributed by atoms with Crippen LogP contribution in [0.25, 0.3) is 10.2 Å². The number of amides is 1. The Morgan fingerprint density at radius 1 is 1.19 bits per heavy atom. The minimum Gasteiger partial charge on any atom is -0.449 e. The lowest BCUT2D eigenvalue weighted by atomic mass is 10.2. The first kappa shape index (κ1) is 22.0. The molecule has 164 valence electrons. The number of carbonyl (C=O) groups is 2. The lowest BCUT2D eigenvalue weighted by Gasteiger charge is -2.14. The molecule has 4 rings (SSSR count). The van der Waals surface area contributed by atoms with Gasteiger partial charge in [-0.25, -0.2) is 14.8 Å². The summed E-state index contributed by atoms with van der Waals surface area (Å²) in [5.74, 6) is -0.277. The van der Waals surface area contributed by atoms with Crippen LogP contribution in [0.3, 0.4) is 0 Å². The second kappa shape index (κ2) is 9.09. The molecule has 0 aliphatic rings. The zero-order valence-corrected chi connectivity index (χ0v) is 19.5. The number of nitrogens with zero attached hydrogens (tertiary/aromatic N) is 3. The summed E-state index contributed by atoms with van der Waals surface area (Å²) in [6, 6.07) is 8.66. The van der Waals surface area contributed by atoms with Crippen LogP contribution < -0.4 is 5.32 Å². The highest BCUT2D eigenvalue weighted by Crippen LogP contribution is 2.38. The number of aryl methyl sites for hydroxylation is 3. The fourth-order valence-electron chi connectivity index (χ4n) is 2.99. The van der Waals surface area contributed by atoms with Gasteiger partial charge in [-0.15, -0.1) is 11.3 Å². The first-order valence-electron chi connectivity index (χ1n) is 9.76. The fraction of sp³-hybridized carbons (Fsp3) is 0.227. The van der Waals surface area contributed by atoms with Crippen LogP contribution in [0.1, 0.15) is 33.5 Å². The lowest BCUT2D eigenvalue weighted by molar-refractivity contribution is -0.123. The van der Waals surface area contributed by atoms with E-state index in [0.29, 0.717) is 16.2 Å². The zero-order valence-electron chi connectivity index (χ0n) is 17.8. The Hall–Kier alpha value is -3.24. The van der Waals surface area contributed by atoms with Crippen LogP contribution in [0.2, 0.25) is 0 Å². The van der Waals surface area contributed by atoms with Crippen LogP contribution in [0.15, 0.2) is 51.1 Å². The number of anilines is 1. The van der Waals surface area contributed by atoms with E-state index >= 15 is 0 Å². The van der Waals surface area contributed by atoms with Gasteiger partial charge in [0.2, 0.25) is 0 Å². The Balaban J connectivity index is 1.53. The molecule has 3 heterocycles. The summed E-state index contributed by atoms with van der Waals surface area (Å²) in [5, 5.41) is 8.02. The number of fused-ring (bicyclic) bond motifs is 1. The van der Waals surface area contributed by atoms with Crippen molar-refractivity contribution in [1.29, 1.82) is 0 Å². The molecule has 4 aromatic rings. The molecular weight excluding hydrogens is 448 g/mol. The molecule has 1 N–H and O–H groups in total. The van der Waals surface area contributed by atoms with Crippen molar-refractivity contribution < 1.29 is 18.8 Å². The van der Waals surface area contributed by atoms with Crippen LogP contribution in [0.4, 0.5) is 5.82 Å². The Morgan fingerprint density at radius 3 is 2.72 bits per heavy atom. The normalized spacial score (nSPS) is 12.0. The summed E-state index contributed by atoms with van der Waals surface area (Å²) in [7, 11) is 0. The van der Waals surface area contributed by atoms with Crippen molar-refractivity contribution in [3.05, 3.63) is 58.4 Å². The average Bonchev–Trinajstić information content (AvgIpc) is 3.30. The third-order valence-electron chi connectivity index (χ3n) is 4.78. The minimum absolute atomic E-state index is 0.264. The number of hydrogen-bond donors (Lipinski definition) is 1. The zero-order chi connectivity index (χ0) is 22.8. The number of carbonyl (C=O) groups excluding carboxylic acids is 2. The van der Waals surface area contributed by atoms with Crippen LogP contribution in [0, 0.1) is 20.8 Å². The second-order valence-corrected chi connectivity index (χ2v) is 9.33. The molecule has 0 saturated heterocycles. The summed E-state index contributed by atoms with van der Waals surface area (Å²) in [5.41, 5.74) is 1.48. The molecule has 0 aliphatic heterocycles. The van der Waals surface area contributed by atoms with E-state index in [1.54, 1.807) is 36.5 Å². The molecule has 0 aliphatic carbocycles. The Morgan fingerprint density at radius 2 is 1.97 bits per heavy atom. The quantitative estimate of drug-likeness (QED) is 0.313. The molecule has 0 bridgehead atoms. The molecular formula is C22H20N4O4S2. The molecule has 8 nitrogen and oxygen atoms in total. The molecule has 0 saturated carbocycles. The van der Waals surface area contributed by atoms with Gasteiger partial charge < -0.3 is 14.6 Å². The van der Waals surface area contributed by atoms with Crippen LogP contribution in [-0.2, 0) is 9.53 Å². The number of hydrogen-bond acceptors (Lipinski definition) is 9. The Labute approximate surface area is 192 Å². The minimum atomic E-state index is -1.02. The maximum absolute atomic E-state index is 12.9. The third kappa shape index (κ3) is 4.51. The lowest BCUT2D eigenvalue weighted by Crippen LogP contribution is -2.30. The van der Waals surface area contributed by atoms with Crippen molar-refractivity contribution in [2.45, 2.75) is 43.7 Å². The van der Waals surface area contributed by atoms with Gasteiger partial charge in [0.05, 0.1) is 5.56 Å². The summed E-state index contributed by atoms with van der Waals surface area (Å²) in [6.45, 7) is 7.30. The van der Waals surface area contributed by atoms with E-state index in [0.717, 1.165) is 20.8 Å². The van der Waals surface area contributed by atoms with Gasteiger partial charge in [-0.05, 0) is 45.4 Å². The molecule has 10 heteroatoms. The third-order valence-corrected chi connectivity index (χ3v) is 6.97. The van der Waals surface area contributed by atoms with E-state index in [4.69, 9.17) is 9.26 Å². The van der Waals surface area contributed by atoms with E-state index in [9.17, 15) is 9.59 Å². The number of nitrogens with one attached hydrogen (secondary N) is 1. The highest BCUT2D eigenvalue weighted by atomic mass is 32.2. The SMILES string of the molecule is Cc1cc(NC(=O)C(C)OC(=O)c2ccccc2Sc2ncnc3sc(C)c(C)c23)no1. The van der Waals surface area contributed by atoms with Crippen molar-refractivity contribution >= 4 is 51.0 Å². The van der Waals surface area contributed by atoms with E-state index in [-0.39, 0.29) is 5.82 Å². The number of ether oxygens (including phenoxy) is 1. The van der Waals surface area contributed by atoms with Crippen molar-refractivity contribution in [3.63, 3.8) is 0 Å². The molecule has 0 fully saturated rings. The van der Waals surface area contributed by atoms with Gasteiger partial charge in [0, 0.05) is 21.2 Å². The fourth-order valence-corrected chi connectivity index (χ4v) is 5.12. The second-order valence-electron chi connectivity index (χ2n) is 7.10. The molecule has 0 radical (unpaired) electrons. The van der Waals surface area contributed by atoms with Crippen LogP contribution in [-0.4, -0.2) is 33.1 Å². The maximum Gasteiger partial charge on any atom is 0.340 e. The number of aromatic nitrogens is 3. The van der Waals surface area contributed by atoms with Gasteiger partial charge in [-0.2, -0.15) is 0 Å². The first-order valence-corrected chi connectivity index (χ1v) is 11.4. The van der Waals surface area contributed by atoms with Gasteiger partial charge >= 0.3 is 5.97 Å². The highest BCUT2D eigenvalue weighted by Gasteiger charge is 2.23. The molecule has 1 amide bonds. The number of rotatable bonds is 6. The van der Waals surface area contributed by atoms with E-state index in [1.165, 1.54) is 29.9 Å². The molecule has 0 spiro atoms. The Kier molecular flexibility index (Phi) is 6.24. The maximum atomic E-state index is 12.9. The van der Waals surface area contributed by atoms with Crippen LogP contribution in [0.5, 0.6) is 0 Å². The predicted octanol–water partition coefficient (Wildman–Crippen LogP) is 4.94. The molecule has 1 unspecified atom stereocenters. The summed E-state index contributed by atoms with van der Waals surface area (Å²) in [4.78, 5) is 36.8. The van der Waals surface area contributed by atoms with Gasteiger partial charge in [0.15, 0.2) is 11.9 Å². The molecule has 1 atom stereocenters. The molecule has 3 aromatic heterocycles. The van der Waals surface area contributed by atoms with Crippen molar-refractivity contribution in [2.75, 3.05) is 5.32 Å². The molecule has 32 heavy (non-hydrogen) atoms. The average molecular weight is 469 g/mol. The van der Waals surface area contributed by atoms with Crippen molar-refractivity contribution in [3.8, 4) is 0 Å². The largest absolute Gasteiger partial charge is 0.449 e. The summed E-state index contributed by atoms with van der Waals surface area (Å²) < 4.78 is 10.3. The number of benzene rings is 1. The highest BCUT2D eigenvalue weighted by molar-refractivity contribution is 7.99. The van der Waals surface area contributed by atoms with Gasteiger partial charge in [0.25, 0.3) is 5.91 Å². The topological polar surface area (TPSA) is 107 Å². The van der Waals surface area contributed by atoms with Crippen molar-refractivity contribution in [1.82, 2.24) is 15.1 Å². The first-order chi connectivity index (χ1) is 15.3. The van der Waals surface area contributed by atoms with Crippen LogP contribution >= 0.6 is 23.1 Å². The summed E-state index contributed by atoms with van der Waals surface area (Å²) >= 11 is 2.99. The monoisotopic (exact) mass is 468 g/mol. The smallest absolute Gasteiger partial charge is 0.340 e. The van der Waals surface area contributed by atoms with Crippen molar-refractivity contribution in [2.24, 2.45) is 0 Å². The predicted molar refractivity (Wildman–Crippen MR) is 122 cm³/mol.